The Kier molecular flexibility index (Phi) is 5.58. The molecule has 0 bridgehead atoms. The van der Waals surface area contributed by atoms with Crippen molar-refractivity contribution in [2.75, 3.05) is 16.8 Å². The van der Waals surface area contributed by atoms with Gasteiger partial charge in [0.05, 0.1) is 17.9 Å². The minimum absolute atomic E-state index is 0.253. The summed E-state index contributed by atoms with van der Waals surface area (Å²) in [5.41, 5.74) is 4.66. The zero-order valence-corrected chi connectivity index (χ0v) is 17.8. The average Bonchev–Trinajstić information content (AvgIpc) is 3.01. The van der Waals surface area contributed by atoms with Crippen LogP contribution in [0.1, 0.15) is 23.6 Å². The number of aryl methyl sites for hydroxylation is 2. The van der Waals surface area contributed by atoms with Crippen LogP contribution in [0.25, 0.3) is 5.57 Å². The van der Waals surface area contributed by atoms with Gasteiger partial charge < -0.3 is 10.1 Å². The van der Waals surface area contributed by atoms with Crippen molar-refractivity contribution in [2.24, 2.45) is 0 Å². The number of carbonyl (C=O) groups excluding carboxylic acids is 2. The number of nitrogens with one attached hydrogen (secondary N) is 1. The van der Waals surface area contributed by atoms with Crippen molar-refractivity contribution in [1.82, 2.24) is 0 Å². The fourth-order valence-corrected chi connectivity index (χ4v) is 3.59. The zero-order chi connectivity index (χ0) is 22.0. The first-order valence-electron chi connectivity index (χ1n) is 10.2. The highest BCUT2D eigenvalue weighted by Crippen LogP contribution is 2.34. The molecule has 1 aliphatic heterocycles. The molecule has 5 nitrogen and oxygen atoms in total. The number of imide groups is 1. The monoisotopic (exact) mass is 412 g/mol. The van der Waals surface area contributed by atoms with Gasteiger partial charge in [-0.25, -0.2) is 4.90 Å². The third kappa shape index (κ3) is 3.94. The number of rotatable bonds is 6. The summed E-state index contributed by atoms with van der Waals surface area (Å²) in [6.45, 7) is 6.42. The number of carbonyl (C=O) groups is 2. The summed E-state index contributed by atoms with van der Waals surface area (Å²) in [5, 5.41) is 3.18. The molecule has 0 radical (unpaired) electrons. The van der Waals surface area contributed by atoms with Crippen LogP contribution < -0.4 is 15.0 Å². The molecule has 4 rings (SSSR count). The predicted octanol–water partition coefficient (Wildman–Crippen LogP) is 5.10. The molecule has 3 aromatic rings. The quantitative estimate of drug-likeness (QED) is 0.573. The minimum atomic E-state index is -0.381. The van der Waals surface area contributed by atoms with E-state index < -0.39 is 0 Å². The molecule has 0 unspecified atom stereocenters. The van der Waals surface area contributed by atoms with E-state index in [1.54, 1.807) is 6.07 Å². The van der Waals surface area contributed by atoms with Gasteiger partial charge in [0, 0.05) is 11.8 Å². The molecular weight excluding hydrogens is 388 g/mol. The second-order valence-corrected chi connectivity index (χ2v) is 7.42. The second-order valence-electron chi connectivity index (χ2n) is 7.42. The van der Waals surface area contributed by atoms with Gasteiger partial charge in [-0.3, -0.25) is 9.59 Å². The van der Waals surface area contributed by atoms with Crippen LogP contribution in [0, 0.1) is 13.8 Å². The van der Waals surface area contributed by atoms with Crippen molar-refractivity contribution < 1.29 is 14.3 Å². The van der Waals surface area contributed by atoms with E-state index in [0.717, 1.165) is 11.1 Å². The largest absolute Gasteiger partial charge is 0.494 e. The van der Waals surface area contributed by atoms with Gasteiger partial charge in [0.2, 0.25) is 0 Å². The molecule has 0 saturated heterocycles. The van der Waals surface area contributed by atoms with Gasteiger partial charge in [-0.1, -0.05) is 42.5 Å². The van der Waals surface area contributed by atoms with Gasteiger partial charge >= 0.3 is 0 Å². The summed E-state index contributed by atoms with van der Waals surface area (Å²) in [7, 11) is 0. The minimum Gasteiger partial charge on any atom is -0.494 e. The first-order valence-corrected chi connectivity index (χ1v) is 10.2. The second kappa shape index (κ2) is 8.48. The normalized spacial score (nSPS) is 13.7. The zero-order valence-electron chi connectivity index (χ0n) is 17.8. The van der Waals surface area contributed by atoms with Gasteiger partial charge in [0.1, 0.15) is 11.4 Å². The molecule has 0 atom stereocenters. The third-order valence-electron chi connectivity index (χ3n) is 5.31. The van der Waals surface area contributed by atoms with Gasteiger partial charge in [-0.15, -0.1) is 0 Å². The molecule has 0 aliphatic carbocycles. The standard InChI is InChI=1S/C26H24N2O3/c1-4-31-22-12-8-11-20(16-22)27-24-23(19-9-6-5-7-10-19)25(29)28(26(24)30)21-14-13-17(2)18(3)15-21/h5-16,27H,4H2,1-3H3. The van der Waals surface area contributed by atoms with Gasteiger partial charge in [-0.05, 0) is 61.7 Å². The van der Waals surface area contributed by atoms with Crippen molar-refractivity contribution in [1.29, 1.82) is 0 Å². The molecule has 3 aromatic carbocycles. The summed E-state index contributed by atoms with van der Waals surface area (Å²) in [6, 6.07) is 22.2. The number of nitrogens with zero attached hydrogens (tertiary/aromatic N) is 1. The van der Waals surface area contributed by atoms with Crippen LogP contribution in [0.2, 0.25) is 0 Å². The van der Waals surface area contributed by atoms with Gasteiger partial charge in [0.15, 0.2) is 0 Å². The van der Waals surface area contributed by atoms with Crippen molar-refractivity contribution in [3.63, 3.8) is 0 Å². The Balaban J connectivity index is 1.79. The topological polar surface area (TPSA) is 58.6 Å². The summed E-state index contributed by atoms with van der Waals surface area (Å²) in [6.07, 6.45) is 0. The SMILES string of the molecule is CCOc1cccc(NC2=C(c3ccccc3)C(=O)N(c3ccc(C)c(C)c3)C2=O)c1. The van der Waals surface area contributed by atoms with Crippen LogP contribution in [0.4, 0.5) is 11.4 Å². The van der Waals surface area contributed by atoms with E-state index in [4.69, 9.17) is 4.74 Å². The lowest BCUT2D eigenvalue weighted by Gasteiger charge is -2.17. The molecule has 156 valence electrons. The first-order chi connectivity index (χ1) is 15.0. The van der Waals surface area contributed by atoms with Crippen LogP contribution in [-0.4, -0.2) is 18.4 Å². The maximum Gasteiger partial charge on any atom is 0.282 e. The molecular formula is C26H24N2O3. The lowest BCUT2D eigenvalue weighted by atomic mass is 10.0. The molecule has 1 aliphatic rings. The highest BCUT2D eigenvalue weighted by molar-refractivity contribution is 6.46. The van der Waals surface area contributed by atoms with E-state index in [-0.39, 0.29) is 17.5 Å². The van der Waals surface area contributed by atoms with E-state index in [0.29, 0.717) is 34.9 Å². The molecule has 0 spiro atoms. The smallest absolute Gasteiger partial charge is 0.282 e. The van der Waals surface area contributed by atoms with Crippen LogP contribution in [0.5, 0.6) is 5.75 Å². The highest BCUT2D eigenvalue weighted by atomic mass is 16.5. The Morgan fingerprint density at radius 3 is 2.32 bits per heavy atom. The number of benzene rings is 3. The number of anilines is 2. The fraction of sp³-hybridized carbons (Fsp3) is 0.154. The summed E-state index contributed by atoms with van der Waals surface area (Å²) in [5.74, 6) is -0.0333. The third-order valence-corrected chi connectivity index (χ3v) is 5.31. The summed E-state index contributed by atoms with van der Waals surface area (Å²) >= 11 is 0. The van der Waals surface area contributed by atoms with Crippen LogP contribution in [0.3, 0.4) is 0 Å². The number of amides is 2. The Bertz CT molecular complexity index is 1180. The average molecular weight is 412 g/mol. The Morgan fingerprint density at radius 2 is 1.61 bits per heavy atom. The highest BCUT2D eigenvalue weighted by Gasteiger charge is 2.40. The number of hydrogen-bond acceptors (Lipinski definition) is 4. The van der Waals surface area contributed by atoms with Gasteiger partial charge in [0.25, 0.3) is 11.8 Å². The van der Waals surface area contributed by atoms with Gasteiger partial charge in [-0.2, -0.15) is 0 Å². The summed E-state index contributed by atoms with van der Waals surface area (Å²) < 4.78 is 5.57. The van der Waals surface area contributed by atoms with E-state index in [9.17, 15) is 9.59 Å². The summed E-state index contributed by atoms with van der Waals surface area (Å²) in [4.78, 5) is 28.2. The molecule has 1 N–H and O–H groups in total. The van der Waals surface area contributed by atoms with E-state index in [2.05, 4.69) is 5.32 Å². The Labute approximate surface area is 182 Å². The molecule has 5 heteroatoms. The first kappa shape index (κ1) is 20.4. The molecule has 2 amide bonds. The van der Waals surface area contributed by atoms with Crippen LogP contribution in [-0.2, 0) is 9.59 Å². The van der Waals surface area contributed by atoms with E-state index >= 15 is 0 Å². The van der Waals surface area contributed by atoms with Crippen LogP contribution in [0.15, 0.2) is 78.5 Å². The molecule has 1 heterocycles. The van der Waals surface area contributed by atoms with Crippen molar-refractivity contribution >= 4 is 28.8 Å². The van der Waals surface area contributed by atoms with E-state index in [1.165, 1.54) is 4.90 Å². The van der Waals surface area contributed by atoms with E-state index in [1.807, 2.05) is 87.5 Å². The maximum absolute atomic E-state index is 13.5. The van der Waals surface area contributed by atoms with Crippen molar-refractivity contribution in [3.05, 3.63) is 95.2 Å². The van der Waals surface area contributed by atoms with Crippen molar-refractivity contribution in [2.45, 2.75) is 20.8 Å². The number of hydrogen-bond donors (Lipinski definition) is 1. The molecule has 0 saturated carbocycles. The van der Waals surface area contributed by atoms with Crippen LogP contribution >= 0.6 is 0 Å². The van der Waals surface area contributed by atoms with Crippen molar-refractivity contribution in [3.8, 4) is 5.75 Å². The predicted molar refractivity (Wildman–Crippen MR) is 123 cm³/mol. The Morgan fingerprint density at radius 1 is 0.839 bits per heavy atom. The molecule has 0 fully saturated rings. The number of ether oxygens (including phenoxy) is 1. The lowest BCUT2D eigenvalue weighted by Crippen LogP contribution is -2.32. The Hall–Kier alpha value is -3.86. The fourth-order valence-electron chi connectivity index (χ4n) is 3.59. The molecule has 31 heavy (non-hydrogen) atoms. The lowest BCUT2D eigenvalue weighted by molar-refractivity contribution is -0.120. The maximum atomic E-state index is 13.5. The molecule has 0 aromatic heterocycles.